The lowest BCUT2D eigenvalue weighted by Gasteiger charge is -2.27. The van der Waals surface area contributed by atoms with Crippen LogP contribution in [-0.4, -0.2) is 43.8 Å². The predicted octanol–water partition coefficient (Wildman–Crippen LogP) is 0.836. The fraction of sp³-hybridized carbons (Fsp3) is 1.00. The second kappa shape index (κ2) is 6.35. The van der Waals surface area contributed by atoms with E-state index in [1.165, 1.54) is 6.42 Å². The van der Waals surface area contributed by atoms with Gasteiger partial charge < -0.3 is 10.5 Å². The molecule has 1 unspecified atom stereocenters. The van der Waals surface area contributed by atoms with Crippen molar-refractivity contribution in [2.24, 2.45) is 5.73 Å². The standard InChI is InChI=1S/C10H22N2O/c1-2-3-10(11)4-5-12-6-8-13-9-7-12/h10H,2-9,11H2,1H3. The number of rotatable bonds is 5. The molecule has 1 fully saturated rings. The largest absolute Gasteiger partial charge is 0.379 e. The highest BCUT2D eigenvalue weighted by molar-refractivity contribution is 4.67. The summed E-state index contributed by atoms with van der Waals surface area (Å²) in [5.41, 5.74) is 5.94. The molecule has 0 aromatic heterocycles. The molecule has 0 aromatic carbocycles. The van der Waals surface area contributed by atoms with E-state index in [0.29, 0.717) is 6.04 Å². The van der Waals surface area contributed by atoms with Crippen molar-refractivity contribution in [2.45, 2.75) is 32.2 Å². The van der Waals surface area contributed by atoms with Crippen molar-refractivity contribution in [1.29, 1.82) is 0 Å². The average Bonchev–Trinajstić information content (AvgIpc) is 2.17. The maximum absolute atomic E-state index is 5.94. The van der Waals surface area contributed by atoms with Crippen LogP contribution in [0, 0.1) is 0 Å². The van der Waals surface area contributed by atoms with Gasteiger partial charge in [0.15, 0.2) is 0 Å². The van der Waals surface area contributed by atoms with Gasteiger partial charge >= 0.3 is 0 Å². The molecule has 0 aliphatic carbocycles. The lowest BCUT2D eigenvalue weighted by molar-refractivity contribution is 0.0365. The molecule has 0 bridgehead atoms. The summed E-state index contributed by atoms with van der Waals surface area (Å²) in [5.74, 6) is 0. The summed E-state index contributed by atoms with van der Waals surface area (Å²) in [6, 6.07) is 0.396. The monoisotopic (exact) mass is 186 g/mol. The van der Waals surface area contributed by atoms with Crippen molar-refractivity contribution < 1.29 is 4.74 Å². The first-order chi connectivity index (χ1) is 6.33. The molecule has 1 aliphatic rings. The number of morpholine rings is 1. The minimum Gasteiger partial charge on any atom is -0.379 e. The Morgan fingerprint density at radius 3 is 2.62 bits per heavy atom. The zero-order valence-electron chi connectivity index (χ0n) is 8.67. The SMILES string of the molecule is CCCC(N)CCN1CCOCC1. The maximum atomic E-state index is 5.94. The highest BCUT2D eigenvalue weighted by Gasteiger charge is 2.11. The molecule has 1 rings (SSSR count). The van der Waals surface area contributed by atoms with E-state index < -0.39 is 0 Å². The van der Waals surface area contributed by atoms with Gasteiger partial charge in [0.05, 0.1) is 13.2 Å². The van der Waals surface area contributed by atoms with E-state index in [4.69, 9.17) is 10.5 Å². The minimum atomic E-state index is 0.396. The van der Waals surface area contributed by atoms with Gasteiger partial charge in [-0.25, -0.2) is 0 Å². The number of ether oxygens (including phenoxy) is 1. The van der Waals surface area contributed by atoms with E-state index in [-0.39, 0.29) is 0 Å². The quantitative estimate of drug-likeness (QED) is 0.691. The molecule has 78 valence electrons. The molecule has 3 nitrogen and oxygen atoms in total. The topological polar surface area (TPSA) is 38.5 Å². The molecule has 0 amide bonds. The summed E-state index contributed by atoms with van der Waals surface area (Å²) in [5, 5.41) is 0. The van der Waals surface area contributed by atoms with E-state index in [1.54, 1.807) is 0 Å². The van der Waals surface area contributed by atoms with Crippen LogP contribution in [0.2, 0.25) is 0 Å². The van der Waals surface area contributed by atoms with Gasteiger partial charge in [-0.1, -0.05) is 13.3 Å². The fourth-order valence-corrected chi connectivity index (χ4v) is 1.69. The van der Waals surface area contributed by atoms with E-state index >= 15 is 0 Å². The van der Waals surface area contributed by atoms with Gasteiger partial charge in [-0.2, -0.15) is 0 Å². The first-order valence-corrected chi connectivity index (χ1v) is 5.38. The highest BCUT2D eigenvalue weighted by Crippen LogP contribution is 2.02. The van der Waals surface area contributed by atoms with Crippen molar-refractivity contribution in [1.82, 2.24) is 4.90 Å². The molecular weight excluding hydrogens is 164 g/mol. The lowest BCUT2D eigenvalue weighted by atomic mass is 10.1. The zero-order chi connectivity index (χ0) is 9.52. The van der Waals surface area contributed by atoms with E-state index in [2.05, 4.69) is 11.8 Å². The summed E-state index contributed by atoms with van der Waals surface area (Å²) in [7, 11) is 0. The molecule has 0 radical (unpaired) electrons. The minimum absolute atomic E-state index is 0.396. The Morgan fingerprint density at radius 1 is 1.31 bits per heavy atom. The fourth-order valence-electron chi connectivity index (χ4n) is 1.69. The molecule has 2 N–H and O–H groups in total. The smallest absolute Gasteiger partial charge is 0.0594 e. The Morgan fingerprint density at radius 2 is 2.00 bits per heavy atom. The van der Waals surface area contributed by atoms with Crippen LogP contribution in [0.25, 0.3) is 0 Å². The van der Waals surface area contributed by atoms with Crippen LogP contribution in [0.1, 0.15) is 26.2 Å². The molecule has 1 aliphatic heterocycles. The molecule has 1 heterocycles. The molecule has 13 heavy (non-hydrogen) atoms. The van der Waals surface area contributed by atoms with Crippen LogP contribution in [0.4, 0.5) is 0 Å². The number of nitrogens with zero attached hydrogens (tertiary/aromatic N) is 1. The van der Waals surface area contributed by atoms with Crippen LogP contribution in [0.3, 0.4) is 0 Å². The molecule has 0 saturated carbocycles. The van der Waals surface area contributed by atoms with Crippen LogP contribution in [0.5, 0.6) is 0 Å². The Hall–Kier alpha value is -0.120. The summed E-state index contributed by atoms with van der Waals surface area (Å²) in [6.07, 6.45) is 3.49. The molecule has 1 atom stereocenters. The van der Waals surface area contributed by atoms with Crippen molar-refractivity contribution in [3.8, 4) is 0 Å². The lowest BCUT2D eigenvalue weighted by Crippen LogP contribution is -2.38. The van der Waals surface area contributed by atoms with Crippen molar-refractivity contribution in [3.63, 3.8) is 0 Å². The average molecular weight is 186 g/mol. The maximum Gasteiger partial charge on any atom is 0.0594 e. The number of hydrogen-bond donors (Lipinski definition) is 1. The number of hydrogen-bond acceptors (Lipinski definition) is 3. The van der Waals surface area contributed by atoms with Crippen molar-refractivity contribution in [2.75, 3.05) is 32.8 Å². The van der Waals surface area contributed by atoms with Crippen LogP contribution in [0.15, 0.2) is 0 Å². The van der Waals surface area contributed by atoms with Crippen LogP contribution < -0.4 is 5.73 Å². The van der Waals surface area contributed by atoms with Gasteiger partial charge in [0.1, 0.15) is 0 Å². The molecule has 0 spiro atoms. The molecular formula is C10H22N2O. The zero-order valence-corrected chi connectivity index (χ0v) is 8.67. The third kappa shape index (κ3) is 4.60. The molecule has 3 heteroatoms. The van der Waals surface area contributed by atoms with Crippen molar-refractivity contribution >= 4 is 0 Å². The number of nitrogens with two attached hydrogens (primary N) is 1. The van der Waals surface area contributed by atoms with E-state index in [1.807, 2.05) is 0 Å². The third-order valence-electron chi connectivity index (χ3n) is 2.58. The van der Waals surface area contributed by atoms with Gasteiger partial charge in [0.2, 0.25) is 0 Å². The summed E-state index contributed by atoms with van der Waals surface area (Å²) < 4.78 is 5.28. The normalized spacial score (nSPS) is 21.7. The Bertz CT molecular complexity index is 124. The second-order valence-corrected chi connectivity index (χ2v) is 3.79. The Balaban J connectivity index is 2.03. The summed E-state index contributed by atoms with van der Waals surface area (Å²) in [6.45, 7) is 7.28. The third-order valence-corrected chi connectivity index (χ3v) is 2.58. The van der Waals surface area contributed by atoms with Gasteiger partial charge in [-0.3, -0.25) is 4.90 Å². The van der Waals surface area contributed by atoms with Gasteiger partial charge in [0.25, 0.3) is 0 Å². The van der Waals surface area contributed by atoms with Gasteiger partial charge in [-0.05, 0) is 19.4 Å². The highest BCUT2D eigenvalue weighted by atomic mass is 16.5. The molecule has 0 aromatic rings. The summed E-state index contributed by atoms with van der Waals surface area (Å²) in [4.78, 5) is 2.44. The predicted molar refractivity (Wildman–Crippen MR) is 54.8 cm³/mol. The Kier molecular flexibility index (Phi) is 5.35. The van der Waals surface area contributed by atoms with Crippen LogP contribution >= 0.6 is 0 Å². The summed E-state index contributed by atoms with van der Waals surface area (Å²) >= 11 is 0. The molecule has 1 saturated heterocycles. The Labute approximate surface area is 81.2 Å². The van der Waals surface area contributed by atoms with Crippen LogP contribution in [-0.2, 0) is 4.74 Å². The van der Waals surface area contributed by atoms with Gasteiger partial charge in [0, 0.05) is 19.1 Å². The van der Waals surface area contributed by atoms with E-state index in [0.717, 1.165) is 45.7 Å². The first-order valence-electron chi connectivity index (χ1n) is 5.38. The van der Waals surface area contributed by atoms with E-state index in [9.17, 15) is 0 Å². The first kappa shape index (κ1) is 11.0. The second-order valence-electron chi connectivity index (χ2n) is 3.79. The van der Waals surface area contributed by atoms with Crippen molar-refractivity contribution in [3.05, 3.63) is 0 Å². The van der Waals surface area contributed by atoms with Gasteiger partial charge in [-0.15, -0.1) is 0 Å².